The number of halogens is 1. The lowest BCUT2D eigenvalue weighted by atomic mass is 10.2. The third kappa shape index (κ3) is 3.88. The van der Waals surface area contributed by atoms with Crippen LogP contribution in [-0.4, -0.2) is 23.0 Å². The van der Waals surface area contributed by atoms with Crippen molar-refractivity contribution in [1.29, 1.82) is 0 Å². The van der Waals surface area contributed by atoms with Crippen molar-refractivity contribution in [3.63, 3.8) is 0 Å². The van der Waals surface area contributed by atoms with Gasteiger partial charge in [-0.15, -0.1) is 0 Å². The second kappa shape index (κ2) is 6.65. The van der Waals surface area contributed by atoms with Gasteiger partial charge in [-0.3, -0.25) is 4.79 Å². The Morgan fingerprint density at radius 1 is 1.38 bits per heavy atom. The van der Waals surface area contributed by atoms with Gasteiger partial charge in [-0.1, -0.05) is 18.2 Å². The topological polar surface area (TPSA) is 73.3 Å². The summed E-state index contributed by atoms with van der Waals surface area (Å²) in [5.41, 5.74) is 0.800. The lowest BCUT2D eigenvalue weighted by molar-refractivity contribution is -0.114. The molecule has 0 atom stereocenters. The number of methoxy groups -OCH3 is 1. The fourth-order valence-electron chi connectivity index (χ4n) is 1.64. The molecule has 0 fully saturated rings. The predicted molar refractivity (Wildman–Crippen MR) is 73.6 cm³/mol. The first kappa shape index (κ1) is 14.7. The Kier molecular flexibility index (Phi) is 4.65. The summed E-state index contributed by atoms with van der Waals surface area (Å²) in [6, 6.07) is 7.27. The summed E-state index contributed by atoms with van der Waals surface area (Å²) < 4.78 is 24.0. The van der Waals surface area contributed by atoms with E-state index >= 15 is 0 Å². The Balaban J connectivity index is 2.11. The van der Waals surface area contributed by atoms with Crippen LogP contribution in [0.5, 0.6) is 11.8 Å². The number of benzene rings is 1. The predicted octanol–water partition coefficient (Wildman–Crippen LogP) is 2.16. The first-order valence-corrected chi connectivity index (χ1v) is 6.15. The number of nitrogens with zero attached hydrogens (tertiary/aromatic N) is 2. The number of hydrogen-bond donors (Lipinski definition) is 1. The summed E-state index contributed by atoms with van der Waals surface area (Å²) in [7, 11) is 1.56. The highest BCUT2D eigenvalue weighted by Crippen LogP contribution is 2.19. The number of carbonyl (C=O) groups is 1. The van der Waals surface area contributed by atoms with Crippen LogP contribution in [0.4, 0.5) is 10.2 Å². The highest BCUT2D eigenvalue weighted by Gasteiger charge is 2.10. The van der Waals surface area contributed by atoms with Crippen molar-refractivity contribution >= 4 is 11.7 Å². The van der Waals surface area contributed by atoms with E-state index in [9.17, 15) is 9.18 Å². The number of carbonyl (C=O) groups excluding carboxylic acids is 1. The number of amides is 1. The number of hydrogen-bond acceptors (Lipinski definition) is 5. The minimum atomic E-state index is -0.727. The maximum atomic E-state index is 13.4. The molecule has 0 aliphatic carbocycles. The largest absolute Gasteiger partial charge is 0.496 e. The van der Waals surface area contributed by atoms with E-state index in [0.29, 0.717) is 5.75 Å². The fraction of sp³-hybridized carbons (Fsp3) is 0.214. The number of ether oxygens (including phenoxy) is 2. The van der Waals surface area contributed by atoms with Gasteiger partial charge in [0.15, 0.2) is 11.6 Å². The molecule has 0 saturated heterocycles. The quantitative estimate of drug-likeness (QED) is 0.913. The van der Waals surface area contributed by atoms with E-state index in [1.807, 2.05) is 18.2 Å². The number of nitrogens with one attached hydrogen (secondary N) is 1. The van der Waals surface area contributed by atoms with Crippen molar-refractivity contribution < 1.29 is 18.7 Å². The van der Waals surface area contributed by atoms with E-state index in [1.54, 1.807) is 13.2 Å². The molecule has 7 heteroatoms. The van der Waals surface area contributed by atoms with Crippen molar-refractivity contribution in [2.24, 2.45) is 0 Å². The van der Waals surface area contributed by atoms with Crippen molar-refractivity contribution in [3.05, 3.63) is 41.8 Å². The van der Waals surface area contributed by atoms with Gasteiger partial charge in [0.05, 0.1) is 13.3 Å². The first-order chi connectivity index (χ1) is 10.1. The molecule has 2 rings (SSSR count). The fourth-order valence-corrected chi connectivity index (χ4v) is 1.64. The Labute approximate surface area is 120 Å². The van der Waals surface area contributed by atoms with Crippen LogP contribution in [0.1, 0.15) is 12.5 Å². The van der Waals surface area contributed by atoms with Crippen LogP contribution in [-0.2, 0) is 11.4 Å². The van der Waals surface area contributed by atoms with Crippen LogP contribution in [0.3, 0.4) is 0 Å². The number of aromatic nitrogens is 2. The van der Waals surface area contributed by atoms with Crippen molar-refractivity contribution in [2.45, 2.75) is 13.5 Å². The summed E-state index contributed by atoms with van der Waals surface area (Å²) in [5, 5.41) is 2.26. The highest BCUT2D eigenvalue weighted by molar-refractivity contribution is 5.87. The Morgan fingerprint density at radius 3 is 2.86 bits per heavy atom. The minimum Gasteiger partial charge on any atom is -0.496 e. The van der Waals surface area contributed by atoms with Gasteiger partial charge in [-0.05, 0) is 6.07 Å². The smallest absolute Gasteiger partial charge is 0.318 e. The Morgan fingerprint density at radius 2 is 2.14 bits per heavy atom. The van der Waals surface area contributed by atoms with Crippen LogP contribution in [0.2, 0.25) is 0 Å². The van der Waals surface area contributed by atoms with Gasteiger partial charge in [-0.25, -0.2) is 9.37 Å². The minimum absolute atomic E-state index is 0.0361. The summed E-state index contributed by atoms with van der Waals surface area (Å²) in [4.78, 5) is 18.5. The van der Waals surface area contributed by atoms with Crippen LogP contribution < -0.4 is 14.8 Å². The molecular formula is C14H14FN3O3. The van der Waals surface area contributed by atoms with E-state index in [-0.39, 0.29) is 18.4 Å². The van der Waals surface area contributed by atoms with Gasteiger partial charge < -0.3 is 14.8 Å². The van der Waals surface area contributed by atoms with Crippen LogP contribution in [0.25, 0.3) is 0 Å². The molecule has 1 N–H and O–H groups in total. The second-order valence-corrected chi connectivity index (χ2v) is 4.13. The molecule has 2 aromatic rings. The van der Waals surface area contributed by atoms with Gasteiger partial charge in [-0.2, -0.15) is 4.98 Å². The summed E-state index contributed by atoms with van der Waals surface area (Å²) in [6.45, 7) is 1.42. The third-order valence-corrected chi connectivity index (χ3v) is 2.57. The van der Waals surface area contributed by atoms with Gasteiger partial charge in [0, 0.05) is 12.5 Å². The Hall–Kier alpha value is -2.70. The monoisotopic (exact) mass is 291 g/mol. The Bertz CT molecular complexity index is 649. The number of para-hydroxylation sites is 1. The van der Waals surface area contributed by atoms with Crippen LogP contribution in [0.15, 0.2) is 30.5 Å². The molecule has 1 amide bonds. The molecule has 0 aliphatic rings. The maximum absolute atomic E-state index is 13.4. The van der Waals surface area contributed by atoms with Crippen LogP contribution >= 0.6 is 0 Å². The first-order valence-electron chi connectivity index (χ1n) is 6.15. The SMILES string of the molecule is COc1ccccc1COc1ncc(F)c(NC(C)=O)n1. The zero-order chi connectivity index (χ0) is 15.2. The molecule has 0 bridgehead atoms. The molecule has 0 unspecified atom stereocenters. The van der Waals surface area contributed by atoms with Gasteiger partial charge >= 0.3 is 6.01 Å². The van der Waals surface area contributed by atoms with Crippen molar-refractivity contribution in [2.75, 3.05) is 12.4 Å². The molecule has 110 valence electrons. The molecule has 1 heterocycles. The number of rotatable bonds is 5. The average molecular weight is 291 g/mol. The highest BCUT2D eigenvalue weighted by atomic mass is 19.1. The van der Waals surface area contributed by atoms with E-state index < -0.39 is 11.7 Å². The summed E-state index contributed by atoms with van der Waals surface area (Å²) in [6.07, 6.45) is 0.940. The lowest BCUT2D eigenvalue weighted by Gasteiger charge is -2.09. The number of anilines is 1. The van der Waals surface area contributed by atoms with E-state index in [4.69, 9.17) is 9.47 Å². The van der Waals surface area contributed by atoms with Gasteiger partial charge in [0.25, 0.3) is 0 Å². The molecule has 0 radical (unpaired) electrons. The standard InChI is InChI=1S/C14H14FN3O3/c1-9(19)17-13-11(15)7-16-14(18-13)21-8-10-5-3-4-6-12(10)20-2/h3-7H,8H2,1-2H3,(H,16,17,18,19). The maximum Gasteiger partial charge on any atom is 0.318 e. The van der Waals surface area contributed by atoms with E-state index in [0.717, 1.165) is 11.8 Å². The van der Waals surface area contributed by atoms with Gasteiger partial charge in [0.2, 0.25) is 5.91 Å². The molecule has 0 spiro atoms. The second-order valence-electron chi connectivity index (χ2n) is 4.13. The van der Waals surface area contributed by atoms with Crippen LogP contribution in [0, 0.1) is 5.82 Å². The normalized spacial score (nSPS) is 10.0. The molecular weight excluding hydrogens is 277 g/mol. The molecule has 1 aromatic heterocycles. The third-order valence-electron chi connectivity index (χ3n) is 2.57. The van der Waals surface area contributed by atoms with E-state index in [2.05, 4.69) is 15.3 Å². The molecule has 6 nitrogen and oxygen atoms in total. The van der Waals surface area contributed by atoms with Gasteiger partial charge in [0.1, 0.15) is 12.4 Å². The lowest BCUT2D eigenvalue weighted by Crippen LogP contribution is -2.11. The van der Waals surface area contributed by atoms with Crippen molar-refractivity contribution in [1.82, 2.24) is 9.97 Å². The molecule has 0 saturated carbocycles. The zero-order valence-electron chi connectivity index (χ0n) is 11.6. The molecule has 21 heavy (non-hydrogen) atoms. The summed E-state index contributed by atoms with van der Waals surface area (Å²) in [5.74, 6) is -0.702. The average Bonchev–Trinajstić information content (AvgIpc) is 2.48. The zero-order valence-corrected chi connectivity index (χ0v) is 11.6. The molecule has 0 aliphatic heterocycles. The van der Waals surface area contributed by atoms with E-state index in [1.165, 1.54) is 6.92 Å². The summed E-state index contributed by atoms with van der Waals surface area (Å²) >= 11 is 0. The molecule has 1 aromatic carbocycles. The van der Waals surface area contributed by atoms with Crippen molar-refractivity contribution in [3.8, 4) is 11.8 Å².